The van der Waals surface area contributed by atoms with E-state index in [0.29, 0.717) is 22.2 Å². The summed E-state index contributed by atoms with van der Waals surface area (Å²) in [5.41, 5.74) is 0.800. The molecule has 110 valence electrons. The van der Waals surface area contributed by atoms with Crippen LogP contribution in [0.3, 0.4) is 0 Å². The Hall–Kier alpha value is -1.53. The van der Waals surface area contributed by atoms with Gasteiger partial charge in [0, 0.05) is 16.6 Å². The second-order valence-electron chi connectivity index (χ2n) is 4.92. The van der Waals surface area contributed by atoms with Crippen molar-refractivity contribution in [3.63, 3.8) is 0 Å². The molecule has 1 aromatic carbocycles. The third-order valence-electron chi connectivity index (χ3n) is 3.07. The predicted octanol–water partition coefficient (Wildman–Crippen LogP) is 3.15. The first-order chi connectivity index (χ1) is 10.1. The zero-order valence-electron chi connectivity index (χ0n) is 11.4. The number of aromatic nitrogens is 2. The Labute approximate surface area is 131 Å². The predicted molar refractivity (Wildman–Crippen MR) is 81.2 cm³/mol. The van der Waals surface area contributed by atoms with Crippen LogP contribution in [-0.4, -0.2) is 27.4 Å². The van der Waals surface area contributed by atoms with Crippen LogP contribution >= 0.6 is 23.4 Å². The number of nitrogens with zero attached hydrogens (tertiary/aromatic N) is 2. The van der Waals surface area contributed by atoms with Crippen molar-refractivity contribution in [1.82, 2.24) is 15.5 Å². The molecule has 1 saturated carbocycles. The number of rotatable bonds is 5. The summed E-state index contributed by atoms with van der Waals surface area (Å²) >= 11 is 7.10. The Morgan fingerprint density at radius 3 is 2.76 bits per heavy atom. The van der Waals surface area contributed by atoms with Gasteiger partial charge in [0.1, 0.15) is 0 Å². The Morgan fingerprint density at radius 1 is 1.38 bits per heavy atom. The molecule has 1 aliphatic rings. The topological polar surface area (TPSA) is 68.0 Å². The second kappa shape index (κ2) is 6.07. The molecule has 1 atom stereocenters. The van der Waals surface area contributed by atoms with Gasteiger partial charge in [-0.2, -0.15) is 0 Å². The third-order valence-corrected chi connectivity index (χ3v) is 4.25. The molecule has 0 aliphatic heterocycles. The monoisotopic (exact) mass is 323 g/mol. The fourth-order valence-corrected chi connectivity index (χ4v) is 2.54. The second-order valence-corrected chi connectivity index (χ2v) is 6.65. The van der Waals surface area contributed by atoms with Crippen LogP contribution in [0.25, 0.3) is 11.5 Å². The molecule has 21 heavy (non-hydrogen) atoms. The van der Waals surface area contributed by atoms with Gasteiger partial charge in [-0.05, 0) is 44.0 Å². The van der Waals surface area contributed by atoms with Crippen molar-refractivity contribution in [1.29, 1.82) is 0 Å². The molecule has 1 aliphatic carbocycles. The van der Waals surface area contributed by atoms with E-state index < -0.39 is 0 Å². The molecule has 0 bridgehead atoms. The molecule has 1 amide bonds. The number of amides is 1. The first-order valence-corrected chi connectivity index (χ1v) is 7.94. The van der Waals surface area contributed by atoms with Crippen molar-refractivity contribution in [2.24, 2.45) is 0 Å². The Bertz CT molecular complexity index is 640. The van der Waals surface area contributed by atoms with Gasteiger partial charge in [-0.1, -0.05) is 23.4 Å². The lowest BCUT2D eigenvalue weighted by atomic mass is 10.2. The number of thioether (sulfide) groups is 1. The van der Waals surface area contributed by atoms with Gasteiger partial charge in [-0.15, -0.1) is 10.2 Å². The number of carbonyl (C=O) groups excluding carboxylic acids is 1. The first kappa shape index (κ1) is 14.4. The normalized spacial score (nSPS) is 15.7. The smallest absolute Gasteiger partial charge is 0.277 e. The maximum Gasteiger partial charge on any atom is 0.277 e. The van der Waals surface area contributed by atoms with Crippen LogP contribution in [0.15, 0.2) is 33.9 Å². The highest BCUT2D eigenvalue weighted by molar-refractivity contribution is 8.00. The van der Waals surface area contributed by atoms with Crippen LogP contribution in [0, 0.1) is 0 Å². The number of nitrogens with one attached hydrogen (secondary N) is 1. The van der Waals surface area contributed by atoms with Gasteiger partial charge in [-0.25, -0.2) is 0 Å². The minimum atomic E-state index is -0.260. The van der Waals surface area contributed by atoms with Crippen LogP contribution in [-0.2, 0) is 4.79 Å². The van der Waals surface area contributed by atoms with Gasteiger partial charge in [0.2, 0.25) is 11.8 Å². The van der Waals surface area contributed by atoms with Crippen LogP contribution < -0.4 is 5.32 Å². The fraction of sp³-hybridized carbons (Fsp3) is 0.357. The number of carbonyl (C=O) groups is 1. The molecule has 1 unspecified atom stereocenters. The van der Waals surface area contributed by atoms with Crippen LogP contribution in [0.5, 0.6) is 0 Å². The summed E-state index contributed by atoms with van der Waals surface area (Å²) in [6, 6.07) is 7.51. The van der Waals surface area contributed by atoms with E-state index in [0.717, 1.165) is 18.4 Å². The molecule has 0 radical (unpaired) electrons. The van der Waals surface area contributed by atoms with E-state index in [1.165, 1.54) is 11.8 Å². The van der Waals surface area contributed by atoms with E-state index in [1.807, 2.05) is 19.1 Å². The lowest BCUT2D eigenvalue weighted by Crippen LogP contribution is -2.32. The molecule has 1 N–H and O–H groups in total. The summed E-state index contributed by atoms with van der Waals surface area (Å²) in [5, 5.41) is 11.7. The average molecular weight is 324 g/mol. The molecular weight excluding hydrogens is 310 g/mol. The van der Waals surface area contributed by atoms with Gasteiger partial charge in [0.15, 0.2) is 0 Å². The van der Waals surface area contributed by atoms with E-state index in [2.05, 4.69) is 15.5 Å². The minimum absolute atomic E-state index is 0.00810. The summed E-state index contributed by atoms with van der Waals surface area (Å²) in [7, 11) is 0. The van der Waals surface area contributed by atoms with Crippen molar-refractivity contribution in [3.8, 4) is 11.5 Å². The average Bonchev–Trinajstić information content (AvgIpc) is 3.16. The van der Waals surface area contributed by atoms with Gasteiger partial charge in [0.25, 0.3) is 5.22 Å². The third kappa shape index (κ3) is 3.77. The summed E-state index contributed by atoms with van der Waals surface area (Å²) in [5.74, 6) is 0.428. The van der Waals surface area contributed by atoms with Crippen molar-refractivity contribution in [2.75, 3.05) is 0 Å². The van der Waals surface area contributed by atoms with Gasteiger partial charge in [0.05, 0.1) is 5.25 Å². The first-order valence-electron chi connectivity index (χ1n) is 6.68. The van der Waals surface area contributed by atoms with E-state index in [9.17, 15) is 4.79 Å². The highest BCUT2D eigenvalue weighted by atomic mass is 35.5. The highest BCUT2D eigenvalue weighted by Crippen LogP contribution is 2.27. The van der Waals surface area contributed by atoms with Gasteiger partial charge in [-0.3, -0.25) is 4.79 Å². The van der Waals surface area contributed by atoms with Crippen LogP contribution in [0.4, 0.5) is 0 Å². The van der Waals surface area contributed by atoms with E-state index in [-0.39, 0.29) is 11.2 Å². The zero-order valence-corrected chi connectivity index (χ0v) is 12.9. The Kier molecular flexibility index (Phi) is 4.17. The van der Waals surface area contributed by atoms with Crippen molar-refractivity contribution in [2.45, 2.75) is 36.3 Å². The Balaban J connectivity index is 1.64. The standard InChI is InChI=1S/C14H14ClN3O2S/c1-8(12(19)16-11-6-7-11)21-14-18-17-13(20-14)9-2-4-10(15)5-3-9/h2-5,8,11H,6-7H2,1H3,(H,16,19). The quantitative estimate of drug-likeness (QED) is 0.856. The summed E-state index contributed by atoms with van der Waals surface area (Å²) in [4.78, 5) is 11.9. The van der Waals surface area contributed by atoms with E-state index >= 15 is 0 Å². The highest BCUT2D eigenvalue weighted by Gasteiger charge is 2.27. The SMILES string of the molecule is CC(Sc1nnc(-c2ccc(Cl)cc2)o1)C(=O)NC1CC1. The molecule has 2 aromatic rings. The summed E-state index contributed by atoms with van der Waals surface area (Å²) < 4.78 is 5.57. The molecule has 0 spiro atoms. The zero-order chi connectivity index (χ0) is 14.8. The fourth-order valence-electron chi connectivity index (χ4n) is 1.72. The maximum absolute atomic E-state index is 11.9. The number of benzene rings is 1. The number of halogens is 1. The molecular formula is C14H14ClN3O2S. The van der Waals surface area contributed by atoms with Crippen LogP contribution in [0.2, 0.25) is 5.02 Å². The number of hydrogen-bond acceptors (Lipinski definition) is 5. The summed E-state index contributed by atoms with van der Waals surface area (Å²) in [6.45, 7) is 1.83. The largest absolute Gasteiger partial charge is 0.411 e. The minimum Gasteiger partial charge on any atom is -0.411 e. The maximum atomic E-state index is 11.9. The summed E-state index contributed by atoms with van der Waals surface area (Å²) in [6.07, 6.45) is 2.15. The van der Waals surface area contributed by atoms with Crippen molar-refractivity contribution in [3.05, 3.63) is 29.3 Å². The molecule has 1 heterocycles. The van der Waals surface area contributed by atoms with Crippen molar-refractivity contribution >= 4 is 29.3 Å². The number of hydrogen-bond donors (Lipinski definition) is 1. The van der Waals surface area contributed by atoms with Gasteiger partial charge < -0.3 is 9.73 Å². The Morgan fingerprint density at radius 2 is 2.10 bits per heavy atom. The molecule has 0 saturated heterocycles. The van der Waals surface area contributed by atoms with E-state index in [1.54, 1.807) is 12.1 Å². The van der Waals surface area contributed by atoms with Crippen LogP contribution in [0.1, 0.15) is 19.8 Å². The van der Waals surface area contributed by atoms with Crippen molar-refractivity contribution < 1.29 is 9.21 Å². The molecule has 5 nitrogen and oxygen atoms in total. The lowest BCUT2D eigenvalue weighted by molar-refractivity contribution is -0.120. The molecule has 1 aromatic heterocycles. The van der Waals surface area contributed by atoms with E-state index in [4.69, 9.17) is 16.0 Å². The molecule has 7 heteroatoms. The lowest BCUT2D eigenvalue weighted by Gasteiger charge is -2.08. The molecule has 3 rings (SSSR count). The van der Waals surface area contributed by atoms with Gasteiger partial charge >= 0.3 is 0 Å². The molecule has 1 fully saturated rings.